The van der Waals surface area contributed by atoms with Gasteiger partial charge in [-0.1, -0.05) is 0 Å². The molecule has 0 rings (SSSR count). The summed E-state index contributed by atoms with van der Waals surface area (Å²) < 4.78 is 1.62. The van der Waals surface area contributed by atoms with Crippen molar-refractivity contribution in [2.24, 2.45) is 0 Å². The van der Waals surface area contributed by atoms with E-state index < -0.39 is 19.8 Å². The second-order valence-corrected chi connectivity index (χ2v) is 12.0. The molecule has 0 aromatic carbocycles. The summed E-state index contributed by atoms with van der Waals surface area (Å²) in [6.07, 6.45) is 8.83. The third kappa shape index (κ3) is 13.4. The molecule has 0 aliphatic carbocycles. The Bertz CT molecular complexity index is 74.2. The van der Waals surface area contributed by atoms with Crippen molar-refractivity contribution in [1.82, 2.24) is 0 Å². The molecule has 0 fully saturated rings. The fraction of sp³-hybridized carbons (Fsp3) is 1.00. The Balaban J connectivity index is 0. The molecule has 0 unspecified atom stereocenters. The van der Waals surface area contributed by atoms with Gasteiger partial charge in [-0.3, -0.25) is 0 Å². The van der Waals surface area contributed by atoms with Gasteiger partial charge in [0.15, 0.2) is 0 Å². The summed E-state index contributed by atoms with van der Waals surface area (Å²) in [6.45, 7) is 2.28. The Labute approximate surface area is 85.0 Å². The van der Waals surface area contributed by atoms with E-state index in [0.29, 0.717) is 0 Å². The van der Waals surface area contributed by atoms with Crippen molar-refractivity contribution in [3.8, 4) is 0 Å². The molecule has 1 nitrogen and oxygen atoms in total. The topological polar surface area (TPSA) is 31.5 Å². The van der Waals surface area contributed by atoms with Crippen LogP contribution in [0.2, 0.25) is 14.3 Å². The van der Waals surface area contributed by atoms with Gasteiger partial charge in [-0.2, -0.15) is 0 Å². The molecule has 1 radical (unpaired) electrons. The zero-order valence-corrected chi connectivity index (χ0v) is 11.8. The van der Waals surface area contributed by atoms with Crippen LogP contribution in [-0.4, -0.2) is 25.2 Å². The first kappa shape index (κ1) is 15.2. The van der Waals surface area contributed by atoms with E-state index in [1.807, 2.05) is 0 Å². The monoisotopic (exact) mass is 281 g/mol. The van der Waals surface area contributed by atoms with Gasteiger partial charge < -0.3 is 5.48 Å². The molecule has 0 aliphatic heterocycles. The van der Waals surface area contributed by atoms with Gasteiger partial charge in [0.1, 0.15) is 0 Å². The van der Waals surface area contributed by atoms with Gasteiger partial charge in [0, 0.05) is 0 Å². The van der Waals surface area contributed by atoms with Crippen LogP contribution in [0.5, 0.6) is 0 Å². The van der Waals surface area contributed by atoms with Crippen LogP contribution < -0.4 is 0 Å². The van der Waals surface area contributed by atoms with Crippen LogP contribution >= 0.6 is 0 Å². The van der Waals surface area contributed by atoms with Crippen LogP contribution in [0.15, 0.2) is 0 Å². The van der Waals surface area contributed by atoms with Crippen LogP contribution in [0, 0.1) is 0 Å². The van der Waals surface area contributed by atoms with Gasteiger partial charge in [-0.25, -0.2) is 0 Å². The van der Waals surface area contributed by atoms with E-state index in [1.165, 1.54) is 38.5 Å². The largest absolute Gasteiger partial charge is 0.412 e. The van der Waals surface area contributed by atoms with Gasteiger partial charge in [-0.15, -0.1) is 0 Å². The first-order chi connectivity index (χ1) is 5.27. The normalized spacial score (nSPS) is 10.0. The van der Waals surface area contributed by atoms with E-state index in [4.69, 9.17) is 0 Å². The summed E-state index contributed by atoms with van der Waals surface area (Å²) in [5.74, 6) is 0. The van der Waals surface area contributed by atoms with E-state index in [-0.39, 0.29) is 5.48 Å². The van der Waals surface area contributed by atoms with Crippen LogP contribution in [0.4, 0.5) is 0 Å². The zero-order valence-electron chi connectivity index (χ0n) is 8.95. The van der Waals surface area contributed by atoms with Gasteiger partial charge in [0.05, 0.1) is 0 Å². The summed E-state index contributed by atoms with van der Waals surface area (Å²) in [6, 6.07) is 0. The van der Waals surface area contributed by atoms with Crippen molar-refractivity contribution in [1.29, 1.82) is 0 Å². The predicted molar refractivity (Wildman–Crippen MR) is 59.3 cm³/mol. The second-order valence-electron chi connectivity index (χ2n) is 3.72. The molecule has 0 saturated heterocycles. The molecular weight excluding hydrogens is 255 g/mol. The SMILES string of the molecule is CCCCCCC[CH2][Sn]([CH3])[CH3].O. The van der Waals surface area contributed by atoms with Gasteiger partial charge >= 0.3 is 79.5 Å². The van der Waals surface area contributed by atoms with Crippen molar-refractivity contribution in [2.75, 3.05) is 0 Å². The Morgan fingerprint density at radius 1 is 0.833 bits per heavy atom. The summed E-state index contributed by atoms with van der Waals surface area (Å²) in [4.78, 5) is 5.02. The molecule has 2 heteroatoms. The van der Waals surface area contributed by atoms with E-state index in [2.05, 4.69) is 16.8 Å². The van der Waals surface area contributed by atoms with Crippen molar-refractivity contribution in [2.45, 2.75) is 59.8 Å². The summed E-state index contributed by atoms with van der Waals surface area (Å²) >= 11 is -0.701. The quantitative estimate of drug-likeness (QED) is 0.506. The Hall–Kier alpha value is 0.759. The second kappa shape index (κ2) is 11.8. The molecule has 0 saturated carbocycles. The summed E-state index contributed by atoms with van der Waals surface area (Å²) in [7, 11) is 0. The first-order valence-electron chi connectivity index (χ1n) is 5.06. The molecule has 0 spiro atoms. The van der Waals surface area contributed by atoms with Gasteiger partial charge in [-0.05, 0) is 0 Å². The van der Waals surface area contributed by atoms with Crippen molar-refractivity contribution >= 4 is 19.8 Å². The van der Waals surface area contributed by atoms with Crippen molar-refractivity contribution in [3.63, 3.8) is 0 Å². The molecule has 0 heterocycles. The molecule has 0 aromatic rings. The molecular formula is C10H25OSn. The van der Waals surface area contributed by atoms with Crippen LogP contribution in [-0.2, 0) is 0 Å². The smallest absolute Gasteiger partial charge is 0.412 e. The predicted octanol–water partition coefficient (Wildman–Crippen LogP) is 3.28. The first-order valence-corrected chi connectivity index (χ1v) is 12.8. The molecule has 0 bridgehead atoms. The Morgan fingerprint density at radius 3 is 1.83 bits per heavy atom. The Kier molecular flexibility index (Phi) is 14.9. The van der Waals surface area contributed by atoms with E-state index in [0.717, 1.165) is 0 Å². The Morgan fingerprint density at radius 2 is 1.33 bits per heavy atom. The minimum absolute atomic E-state index is 0. The average molecular weight is 280 g/mol. The summed E-state index contributed by atoms with van der Waals surface area (Å²) in [5.41, 5.74) is 0. The molecule has 75 valence electrons. The number of rotatable bonds is 7. The van der Waals surface area contributed by atoms with Crippen molar-refractivity contribution < 1.29 is 5.48 Å². The number of hydrogen-bond acceptors (Lipinski definition) is 0. The minimum Gasteiger partial charge on any atom is -0.412 e. The molecule has 0 aliphatic rings. The number of unbranched alkanes of at least 4 members (excludes halogenated alkanes) is 5. The molecule has 0 amide bonds. The van der Waals surface area contributed by atoms with Gasteiger partial charge in [0.25, 0.3) is 0 Å². The van der Waals surface area contributed by atoms with Crippen LogP contribution in [0.1, 0.15) is 45.4 Å². The zero-order chi connectivity index (χ0) is 8.53. The maximum absolute atomic E-state index is 2.51. The van der Waals surface area contributed by atoms with E-state index in [1.54, 1.807) is 4.44 Å². The summed E-state index contributed by atoms with van der Waals surface area (Å²) in [5, 5.41) is 0. The fourth-order valence-corrected chi connectivity index (χ4v) is 3.99. The standard InChI is InChI=1S/C8H17.2CH3.H2O.Sn/c1-3-5-7-8-6-4-2;;;;/h1,3-8H2,2H3;2*1H3;1H2;. The minimum atomic E-state index is -0.701. The van der Waals surface area contributed by atoms with E-state index >= 15 is 0 Å². The molecule has 2 N–H and O–H groups in total. The van der Waals surface area contributed by atoms with Crippen LogP contribution in [0.3, 0.4) is 0 Å². The third-order valence-corrected chi connectivity index (χ3v) is 5.89. The third-order valence-electron chi connectivity index (χ3n) is 2.03. The molecule has 0 atom stereocenters. The average Bonchev–Trinajstić information content (AvgIpc) is 1.96. The maximum Gasteiger partial charge on any atom is -0.412 e. The number of hydrogen-bond donors (Lipinski definition) is 0. The van der Waals surface area contributed by atoms with E-state index in [9.17, 15) is 0 Å². The molecule has 0 aromatic heterocycles. The fourth-order valence-electron chi connectivity index (χ4n) is 1.26. The van der Waals surface area contributed by atoms with Crippen LogP contribution in [0.25, 0.3) is 0 Å². The molecule has 12 heavy (non-hydrogen) atoms. The van der Waals surface area contributed by atoms with Gasteiger partial charge in [0.2, 0.25) is 0 Å². The maximum atomic E-state index is 2.51. The van der Waals surface area contributed by atoms with Crippen molar-refractivity contribution in [3.05, 3.63) is 0 Å².